The lowest BCUT2D eigenvalue weighted by atomic mass is 9.83. The molecule has 2 aromatic carbocycles. The molecule has 0 saturated carbocycles. The molecule has 31 heavy (non-hydrogen) atoms. The summed E-state index contributed by atoms with van der Waals surface area (Å²) in [5.74, 6) is 0.116. The number of hydrogen-bond acceptors (Lipinski definition) is 4. The molecule has 3 aromatic rings. The number of nitrogens with zero attached hydrogens (tertiary/aromatic N) is 2. The van der Waals surface area contributed by atoms with Crippen molar-refractivity contribution in [3.05, 3.63) is 98.2 Å². The molecule has 1 aromatic heterocycles. The van der Waals surface area contributed by atoms with Crippen molar-refractivity contribution in [2.45, 2.75) is 38.3 Å². The van der Waals surface area contributed by atoms with E-state index in [0.717, 1.165) is 5.56 Å². The normalized spacial score (nSPS) is 14.8. The number of hydrogen-bond donors (Lipinski definition) is 2. The average molecular weight is 438 g/mol. The van der Waals surface area contributed by atoms with Crippen molar-refractivity contribution in [1.82, 2.24) is 14.9 Å². The van der Waals surface area contributed by atoms with Gasteiger partial charge in [0.1, 0.15) is 5.82 Å². The van der Waals surface area contributed by atoms with E-state index in [1.807, 2.05) is 44.2 Å². The van der Waals surface area contributed by atoms with Crippen LogP contribution in [0.2, 0.25) is 5.02 Å². The van der Waals surface area contributed by atoms with Crippen molar-refractivity contribution < 1.29 is 9.90 Å². The SMILES string of the molecule is CC(C)(c1ccccc1)c1nc2c(c(=O)[nH]1)CN(C(=O)[C@H](O)c1ccccc1Cl)CC2. The molecular weight excluding hydrogens is 414 g/mol. The van der Waals surface area contributed by atoms with Crippen LogP contribution >= 0.6 is 11.6 Å². The molecule has 1 aliphatic rings. The highest BCUT2D eigenvalue weighted by atomic mass is 35.5. The zero-order valence-electron chi connectivity index (χ0n) is 17.4. The first-order chi connectivity index (χ1) is 14.8. The number of H-pyrrole nitrogens is 1. The number of aromatic nitrogens is 2. The zero-order chi connectivity index (χ0) is 22.2. The third kappa shape index (κ3) is 4.01. The number of rotatable bonds is 4. The molecule has 1 aliphatic heterocycles. The van der Waals surface area contributed by atoms with Gasteiger partial charge in [0, 0.05) is 29.0 Å². The molecule has 0 unspecified atom stereocenters. The number of nitrogens with one attached hydrogen (secondary N) is 1. The number of aliphatic hydroxyl groups is 1. The van der Waals surface area contributed by atoms with Gasteiger partial charge in [-0.2, -0.15) is 0 Å². The maximum absolute atomic E-state index is 12.9. The first-order valence-corrected chi connectivity index (χ1v) is 10.6. The number of halogens is 1. The second kappa shape index (κ2) is 8.29. The Morgan fingerprint density at radius 2 is 1.84 bits per heavy atom. The average Bonchev–Trinajstić information content (AvgIpc) is 2.78. The Bertz CT molecular complexity index is 1170. The van der Waals surface area contributed by atoms with E-state index in [-0.39, 0.29) is 12.1 Å². The molecule has 0 radical (unpaired) electrons. The summed E-state index contributed by atoms with van der Waals surface area (Å²) in [7, 11) is 0. The summed E-state index contributed by atoms with van der Waals surface area (Å²) < 4.78 is 0. The first kappa shape index (κ1) is 21.3. The second-order valence-electron chi connectivity index (χ2n) is 8.26. The summed E-state index contributed by atoms with van der Waals surface area (Å²) in [4.78, 5) is 34.9. The van der Waals surface area contributed by atoms with Crippen molar-refractivity contribution in [2.24, 2.45) is 0 Å². The van der Waals surface area contributed by atoms with Crippen LogP contribution in [0.5, 0.6) is 0 Å². The number of fused-ring (bicyclic) bond motifs is 1. The van der Waals surface area contributed by atoms with Gasteiger partial charge in [0.05, 0.1) is 17.8 Å². The van der Waals surface area contributed by atoms with E-state index in [9.17, 15) is 14.7 Å². The minimum absolute atomic E-state index is 0.101. The monoisotopic (exact) mass is 437 g/mol. The van der Waals surface area contributed by atoms with Gasteiger partial charge in [-0.25, -0.2) is 4.98 Å². The molecule has 2 N–H and O–H groups in total. The smallest absolute Gasteiger partial charge is 0.256 e. The molecule has 6 nitrogen and oxygen atoms in total. The summed E-state index contributed by atoms with van der Waals surface area (Å²) in [5, 5.41) is 10.9. The topological polar surface area (TPSA) is 86.3 Å². The van der Waals surface area contributed by atoms with E-state index < -0.39 is 17.4 Å². The van der Waals surface area contributed by atoms with Gasteiger partial charge in [-0.3, -0.25) is 9.59 Å². The van der Waals surface area contributed by atoms with Gasteiger partial charge >= 0.3 is 0 Å². The minimum Gasteiger partial charge on any atom is -0.378 e. The Balaban J connectivity index is 1.60. The Morgan fingerprint density at radius 3 is 2.55 bits per heavy atom. The summed E-state index contributed by atoms with van der Waals surface area (Å²) >= 11 is 6.12. The van der Waals surface area contributed by atoms with Crippen LogP contribution in [0.3, 0.4) is 0 Å². The van der Waals surface area contributed by atoms with Crippen LogP contribution in [0, 0.1) is 0 Å². The minimum atomic E-state index is -1.38. The van der Waals surface area contributed by atoms with Crippen LogP contribution in [-0.4, -0.2) is 32.4 Å². The third-order valence-corrected chi connectivity index (χ3v) is 6.25. The molecular formula is C24H24ClN3O3. The zero-order valence-corrected chi connectivity index (χ0v) is 18.2. The van der Waals surface area contributed by atoms with E-state index in [2.05, 4.69) is 4.98 Å². The fraction of sp³-hybridized carbons (Fsp3) is 0.292. The molecule has 4 rings (SSSR count). The fourth-order valence-electron chi connectivity index (χ4n) is 3.90. The van der Waals surface area contributed by atoms with Gasteiger partial charge in [-0.15, -0.1) is 0 Å². The molecule has 0 spiro atoms. The third-order valence-electron chi connectivity index (χ3n) is 5.90. The fourth-order valence-corrected chi connectivity index (χ4v) is 4.14. The van der Waals surface area contributed by atoms with Crippen molar-refractivity contribution >= 4 is 17.5 Å². The van der Waals surface area contributed by atoms with Crippen molar-refractivity contribution in [2.75, 3.05) is 6.54 Å². The molecule has 1 amide bonds. The number of carbonyl (C=O) groups excluding carboxylic acids is 1. The van der Waals surface area contributed by atoms with E-state index in [1.165, 1.54) is 4.90 Å². The van der Waals surface area contributed by atoms with Gasteiger partial charge < -0.3 is 15.0 Å². The summed E-state index contributed by atoms with van der Waals surface area (Å²) in [6, 6.07) is 16.6. The largest absolute Gasteiger partial charge is 0.378 e. The summed E-state index contributed by atoms with van der Waals surface area (Å²) in [6.45, 7) is 4.51. The number of benzene rings is 2. The van der Waals surface area contributed by atoms with Crippen molar-refractivity contribution in [3.63, 3.8) is 0 Å². The van der Waals surface area contributed by atoms with Crippen molar-refractivity contribution in [1.29, 1.82) is 0 Å². The van der Waals surface area contributed by atoms with E-state index in [4.69, 9.17) is 16.6 Å². The Morgan fingerprint density at radius 1 is 1.16 bits per heavy atom. The maximum Gasteiger partial charge on any atom is 0.256 e. The molecule has 1 atom stereocenters. The molecule has 2 heterocycles. The van der Waals surface area contributed by atoms with E-state index in [0.29, 0.717) is 40.6 Å². The van der Waals surface area contributed by atoms with E-state index >= 15 is 0 Å². The van der Waals surface area contributed by atoms with Gasteiger partial charge in [0.15, 0.2) is 6.10 Å². The van der Waals surface area contributed by atoms with Crippen LogP contribution in [0.4, 0.5) is 0 Å². The lowest BCUT2D eigenvalue weighted by Crippen LogP contribution is -2.42. The second-order valence-corrected chi connectivity index (χ2v) is 8.67. The van der Waals surface area contributed by atoms with Crippen LogP contribution in [-0.2, 0) is 23.2 Å². The Hall–Kier alpha value is -2.96. The number of aliphatic hydroxyl groups excluding tert-OH is 1. The highest BCUT2D eigenvalue weighted by Crippen LogP contribution is 2.30. The molecule has 0 bridgehead atoms. The Labute approximate surface area is 185 Å². The standard InChI is InChI=1S/C24H24ClN3O3/c1-24(2,15-8-4-3-5-9-15)23-26-19-12-13-28(14-17(19)21(30)27-23)22(31)20(29)16-10-6-7-11-18(16)25/h3-11,20,29H,12-14H2,1-2H3,(H,26,27,30)/t20-/m1/s1. The van der Waals surface area contributed by atoms with Gasteiger partial charge in [-0.1, -0.05) is 60.1 Å². The van der Waals surface area contributed by atoms with Gasteiger partial charge in [0.25, 0.3) is 11.5 Å². The quantitative estimate of drug-likeness (QED) is 0.655. The van der Waals surface area contributed by atoms with Crippen LogP contribution in [0.25, 0.3) is 0 Å². The van der Waals surface area contributed by atoms with Crippen LogP contribution < -0.4 is 5.56 Å². The molecule has 0 aliphatic carbocycles. The maximum atomic E-state index is 12.9. The predicted octanol–water partition coefficient (Wildman–Crippen LogP) is 3.37. The highest BCUT2D eigenvalue weighted by Gasteiger charge is 2.32. The lowest BCUT2D eigenvalue weighted by Gasteiger charge is -2.31. The lowest BCUT2D eigenvalue weighted by molar-refractivity contribution is -0.141. The predicted molar refractivity (Wildman–Crippen MR) is 119 cm³/mol. The van der Waals surface area contributed by atoms with Gasteiger partial charge in [0.2, 0.25) is 0 Å². The first-order valence-electron chi connectivity index (χ1n) is 10.2. The molecule has 7 heteroatoms. The Kier molecular flexibility index (Phi) is 5.69. The molecule has 160 valence electrons. The van der Waals surface area contributed by atoms with Crippen LogP contribution in [0.15, 0.2) is 59.4 Å². The van der Waals surface area contributed by atoms with Crippen molar-refractivity contribution in [3.8, 4) is 0 Å². The molecule has 0 fully saturated rings. The molecule has 0 saturated heterocycles. The summed E-state index contributed by atoms with van der Waals surface area (Å²) in [6.07, 6.45) is -0.934. The van der Waals surface area contributed by atoms with Crippen LogP contribution in [0.1, 0.15) is 48.2 Å². The van der Waals surface area contributed by atoms with E-state index in [1.54, 1.807) is 24.3 Å². The number of amides is 1. The highest BCUT2D eigenvalue weighted by molar-refractivity contribution is 6.31. The number of carbonyl (C=O) groups is 1. The summed E-state index contributed by atoms with van der Waals surface area (Å²) in [5.41, 5.74) is 1.83. The van der Waals surface area contributed by atoms with Gasteiger partial charge in [-0.05, 0) is 25.5 Å². The number of aromatic amines is 1.